The molecule has 2 heterocycles. The van der Waals surface area contributed by atoms with E-state index in [1.807, 2.05) is 13.0 Å². The van der Waals surface area contributed by atoms with Gasteiger partial charge in [0.2, 0.25) is 5.28 Å². The molecule has 0 radical (unpaired) electrons. The Morgan fingerprint density at radius 1 is 1.50 bits per heavy atom. The Kier molecular flexibility index (Phi) is 4.65. The molecule has 0 bridgehead atoms. The number of carbonyl (C=O) groups is 1. The first-order valence-corrected chi connectivity index (χ1v) is 7.17. The summed E-state index contributed by atoms with van der Waals surface area (Å²) in [6.07, 6.45) is 0.984. The topological polar surface area (TPSA) is 69.6 Å². The van der Waals surface area contributed by atoms with Crippen molar-refractivity contribution >= 4 is 23.5 Å². The molecule has 0 saturated carbocycles. The lowest BCUT2D eigenvalue weighted by atomic mass is 10.2. The molecule has 1 atom stereocenters. The number of anilines is 1. The van der Waals surface area contributed by atoms with Crippen LogP contribution in [0, 0.1) is 0 Å². The summed E-state index contributed by atoms with van der Waals surface area (Å²) in [5, 5.41) is 9.28. The van der Waals surface area contributed by atoms with Crippen LogP contribution in [0.5, 0.6) is 0 Å². The van der Waals surface area contributed by atoms with Crippen molar-refractivity contribution in [2.45, 2.75) is 32.7 Å². The summed E-state index contributed by atoms with van der Waals surface area (Å²) < 4.78 is 0. The molecule has 6 nitrogen and oxygen atoms in total. The van der Waals surface area contributed by atoms with Crippen molar-refractivity contribution in [2.24, 2.45) is 0 Å². The Morgan fingerprint density at radius 2 is 2.25 bits per heavy atom. The average Bonchev–Trinajstić information content (AvgIpc) is 2.38. The molecule has 0 aliphatic carbocycles. The Morgan fingerprint density at radius 3 is 2.85 bits per heavy atom. The second kappa shape index (κ2) is 6.26. The molecule has 20 heavy (non-hydrogen) atoms. The summed E-state index contributed by atoms with van der Waals surface area (Å²) in [5.41, 5.74) is 0.926. The third-order valence-corrected chi connectivity index (χ3v) is 3.61. The van der Waals surface area contributed by atoms with E-state index in [-0.39, 0.29) is 11.3 Å². The van der Waals surface area contributed by atoms with Crippen molar-refractivity contribution in [3.8, 4) is 0 Å². The Hall–Kier alpha value is -1.56. The fourth-order valence-corrected chi connectivity index (χ4v) is 2.65. The lowest BCUT2D eigenvalue weighted by molar-refractivity contribution is 0.136. The van der Waals surface area contributed by atoms with Crippen LogP contribution in [0.25, 0.3) is 0 Å². The van der Waals surface area contributed by atoms with Gasteiger partial charge in [0.1, 0.15) is 5.82 Å². The van der Waals surface area contributed by atoms with Gasteiger partial charge in [-0.05, 0) is 24.9 Å². The second-order valence-electron chi connectivity index (χ2n) is 5.01. The van der Waals surface area contributed by atoms with Gasteiger partial charge in [-0.3, -0.25) is 0 Å². The average molecular weight is 299 g/mol. The highest BCUT2D eigenvalue weighted by molar-refractivity contribution is 6.28. The van der Waals surface area contributed by atoms with E-state index in [0.29, 0.717) is 19.6 Å². The molecular formula is C13H19ClN4O2. The highest BCUT2D eigenvalue weighted by Gasteiger charge is 2.27. The monoisotopic (exact) mass is 298 g/mol. The number of piperazine rings is 1. The molecule has 110 valence electrons. The number of nitrogens with zero attached hydrogens (tertiary/aromatic N) is 4. The fourth-order valence-electron chi connectivity index (χ4n) is 2.45. The van der Waals surface area contributed by atoms with Crippen LogP contribution in [0.4, 0.5) is 10.6 Å². The number of rotatable bonds is 3. The third-order valence-electron chi connectivity index (χ3n) is 3.44. The van der Waals surface area contributed by atoms with Gasteiger partial charge in [-0.1, -0.05) is 13.3 Å². The van der Waals surface area contributed by atoms with E-state index in [1.165, 1.54) is 4.90 Å². The number of amides is 1. The number of halogens is 1. The Balaban J connectivity index is 2.17. The van der Waals surface area contributed by atoms with E-state index in [9.17, 15) is 4.79 Å². The molecule has 1 saturated heterocycles. The Bertz CT molecular complexity index is 497. The molecule has 7 heteroatoms. The Labute approximate surface area is 123 Å². The molecule has 1 aromatic heterocycles. The summed E-state index contributed by atoms with van der Waals surface area (Å²) in [7, 11) is 0. The standard InChI is InChI=1S/C13H19ClN4O2/c1-3-4-10-7-11(16-12(14)15-10)18-6-5-17(13(19)20)8-9(18)2/h7,9H,3-6,8H2,1-2H3,(H,19,20). The maximum Gasteiger partial charge on any atom is 0.407 e. The molecule has 1 aliphatic heterocycles. The van der Waals surface area contributed by atoms with E-state index < -0.39 is 6.09 Å². The van der Waals surface area contributed by atoms with Crippen molar-refractivity contribution in [1.82, 2.24) is 14.9 Å². The van der Waals surface area contributed by atoms with E-state index in [4.69, 9.17) is 16.7 Å². The number of aromatic nitrogens is 2. The zero-order chi connectivity index (χ0) is 14.7. The van der Waals surface area contributed by atoms with Gasteiger partial charge in [0.05, 0.1) is 0 Å². The van der Waals surface area contributed by atoms with Crippen molar-refractivity contribution in [3.63, 3.8) is 0 Å². The maximum absolute atomic E-state index is 11.0. The normalized spacial score (nSPS) is 19.2. The van der Waals surface area contributed by atoms with E-state index in [1.54, 1.807) is 0 Å². The van der Waals surface area contributed by atoms with Gasteiger partial charge < -0.3 is 14.9 Å². The molecule has 1 aliphatic rings. The summed E-state index contributed by atoms with van der Waals surface area (Å²) in [4.78, 5) is 23.0. The fraction of sp³-hybridized carbons (Fsp3) is 0.615. The number of aryl methyl sites for hydroxylation is 1. The smallest absolute Gasteiger partial charge is 0.407 e. The summed E-state index contributed by atoms with van der Waals surface area (Å²) in [6, 6.07) is 2.02. The highest BCUT2D eigenvalue weighted by Crippen LogP contribution is 2.21. The van der Waals surface area contributed by atoms with Crippen LogP contribution in [0.3, 0.4) is 0 Å². The predicted molar refractivity (Wildman–Crippen MR) is 77.4 cm³/mol. The van der Waals surface area contributed by atoms with Gasteiger partial charge in [0.15, 0.2) is 0 Å². The largest absolute Gasteiger partial charge is 0.465 e. The molecule has 0 aromatic carbocycles. The molecular weight excluding hydrogens is 280 g/mol. The van der Waals surface area contributed by atoms with E-state index in [0.717, 1.165) is 24.4 Å². The van der Waals surface area contributed by atoms with Gasteiger partial charge in [0.25, 0.3) is 0 Å². The van der Waals surface area contributed by atoms with Gasteiger partial charge >= 0.3 is 6.09 Å². The first-order valence-electron chi connectivity index (χ1n) is 6.79. The molecule has 2 rings (SSSR count). The molecule has 1 unspecified atom stereocenters. The third kappa shape index (κ3) is 3.30. The van der Waals surface area contributed by atoms with Crippen LogP contribution in [0.15, 0.2) is 6.07 Å². The highest BCUT2D eigenvalue weighted by atomic mass is 35.5. The van der Waals surface area contributed by atoms with Crippen LogP contribution >= 0.6 is 11.6 Å². The van der Waals surface area contributed by atoms with Gasteiger partial charge in [-0.2, -0.15) is 0 Å². The molecule has 1 N–H and O–H groups in total. The lowest BCUT2D eigenvalue weighted by Gasteiger charge is -2.39. The zero-order valence-electron chi connectivity index (χ0n) is 11.7. The lowest BCUT2D eigenvalue weighted by Crippen LogP contribution is -2.53. The minimum atomic E-state index is -0.871. The van der Waals surface area contributed by atoms with Crippen molar-refractivity contribution < 1.29 is 9.90 Å². The SMILES string of the molecule is CCCc1cc(N2CCN(C(=O)O)CC2C)nc(Cl)n1. The number of hydrogen-bond acceptors (Lipinski definition) is 4. The van der Waals surface area contributed by atoms with Crippen molar-refractivity contribution in [1.29, 1.82) is 0 Å². The molecule has 1 fully saturated rings. The summed E-state index contributed by atoms with van der Waals surface area (Å²) >= 11 is 5.98. The zero-order valence-corrected chi connectivity index (χ0v) is 12.5. The molecule has 1 amide bonds. The quantitative estimate of drug-likeness (QED) is 0.867. The minimum absolute atomic E-state index is 0.0697. The first-order chi connectivity index (χ1) is 9.51. The molecule has 1 aromatic rings. The summed E-state index contributed by atoms with van der Waals surface area (Å²) in [6.45, 7) is 5.64. The second-order valence-corrected chi connectivity index (χ2v) is 5.35. The van der Waals surface area contributed by atoms with Crippen LogP contribution in [0.1, 0.15) is 26.0 Å². The minimum Gasteiger partial charge on any atom is -0.465 e. The van der Waals surface area contributed by atoms with Crippen LogP contribution in [-0.4, -0.2) is 51.7 Å². The van der Waals surface area contributed by atoms with E-state index >= 15 is 0 Å². The maximum atomic E-state index is 11.0. The van der Waals surface area contributed by atoms with Gasteiger partial charge in [-0.25, -0.2) is 14.8 Å². The van der Waals surface area contributed by atoms with Crippen LogP contribution in [0.2, 0.25) is 5.28 Å². The predicted octanol–water partition coefficient (Wildman–Crippen LogP) is 2.27. The number of hydrogen-bond donors (Lipinski definition) is 1. The summed E-state index contributed by atoms with van der Waals surface area (Å²) in [5.74, 6) is 0.783. The van der Waals surface area contributed by atoms with Gasteiger partial charge in [-0.15, -0.1) is 0 Å². The van der Waals surface area contributed by atoms with Crippen molar-refractivity contribution in [3.05, 3.63) is 17.0 Å². The number of carboxylic acid groups (broad SMARTS) is 1. The van der Waals surface area contributed by atoms with E-state index in [2.05, 4.69) is 21.8 Å². The van der Waals surface area contributed by atoms with Crippen molar-refractivity contribution in [2.75, 3.05) is 24.5 Å². The molecule has 0 spiro atoms. The van der Waals surface area contributed by atoms with Gasteiger partial charge in [0, 0.05) is 37.4 Å². The first kappa shape index (κ1) is 14.8. The van der Waals surface area contributed by atoms with Crippen LogP contribution in [-0.2, 0) is 6.42 Å². The van der Waals surface area contributed by atoms with Crippen LogP contribution < -0.4 is 4.90 Å².